The van der Waals surface area contributed by atoms with E-state index in [0.29, 0.717) is 11.9 Å². The normalized spacial score (nSPS) is 22.4. The van der Waals surface area contributed by atoms with Crippen LogP contribution in [-0.4, -0.2) is 111 Å². The molecule has 43 heavy (non-hydrogen) atoms. The number of hydrogen-bond donors (Lipinski definition) is 0. The highest BCUT2D eigenvalue weighted by molar-refractivity contribution is 6.32. The van der Waals surface area contributed by atoms with Gasteiger partial charge in [0.15, 0.2) is 15.7 Å². The highest BCUT2D eigenvalue weighted by Gasteiger charge is 2.51. The van der Waals surface area contributed by atoms with Gasteiger partial charge in [0.1, 0.15) is 0 Å². The lowest BCUT2D eigenvalue weighted by atomic mass is 9.78. The van der Waals surface area contributed by atoms with E-state index in [0.717, 1.165) is 25.7 Å². The van der Waals surface area contributed by atoms with Gasteiger partial charge in [0.2, 0.25) is 22.5 Å². The van der Waals surface area contributed by atoms with Crippen molar-refractivity contribution in [3.05, 3.63) is 10.6 Å². The maximum Gasteiger partial charge on any atom is 0.230 e. The summed E-state index contributed by atoms with van der Waals surface area (Å²) in [6.07, 6.45) is 2.89. The molecule has 0 saturated carbocycles. The lowest BCUT2D eigenvalue weighted by molar-refractivity contribution is -0.267. The Morgan fingerprint density at radius 1 is 0.628 bits per heavy atom. The zero-order valence-corrected chi connectivity index (χ0v) is 28.4. The first-order valence-corrected chi connectivity index (χ1v) is 15.1. The summed E-state index contributed by atoms with van der Waals surface area (Å²) in [7, 11) is 15.6. The number of hydroxylamine groups is 4. The van der Waals surface area contributed by atoms with E-state index in [1.165, 1.54) is 0 Å². The molecule has 0 bridgehead atoms. The molecule has 0 amide bonds. The monoisotopic (exact) mass is 630 g/mol. The second kappa shape index (κ2) is 12.2. The first-order valence-electron chi connectivity index (χ1n) is 14.4. The molecule has 2 saturated heterocycles. The van der Waals surface area contributed by atoms with Gasteiger partial charge in [0, 0.05) is 34.2 Å². The molecule has 0 spiro atoms. The van der Waals surface area contributed by atoms with E-state index >= 15 is 0 Å². The average molecular weight is 631 g/mol. The van der Waals surface area contributed by atoms with Crippen molar-refractivity contribution in [3.8, 4) is 0 Å². The van der Waals surface area contributed by atoms with E-state index in [1.54, 1.807) is 14.2 Å². The Morgan fingerprint density at radius 3 is 1.19 bits per heavy atom. The molecule has 4 rings (SSSR count). The molecule has 2 aliphatic rings. The van der Waals surface area contributed by atoms with Crippen LogP contribution in [-0.2, 0) is 9.68 Å². The Bertz CT molecular complexity index is 1140. The average Bonchev–Trinajstić information content (AvgIpc) is 2.80. The molecule has 2 aromatic rings. The number of piperidine rings is 2. The van der Waals surface area contributed by atoms with Gasteiger partial charge in [-0.25, -0.2) is 19.9 Å². The molecule has 232 valence electrons. The van der Waals surface area contributed by atoms with Crippen molar-refractivity contribution in [3.63, 3.8) is 0 Å². The standard InChI is InChI=1S/C27H42B2Cl2N10O2/c1-24(2)11-16(12-25(3,4)40(24)42-9)38(22-34-18(28)32-20(30)36-22)15-39(23-35-19(29)33-21(31)37-23)17-13-26(5,6)41(43-10)27(7,8)14-17/h16-17H,11-15H2,1-10H3. The van der Waals surface area contributed by atoms with Gasteiger partial charge in [-0.15, -0.1) is 0 Å². The SMILES string of the molecule is [B]c1nc(Cl)nc(N(CN(c2nc([B])nc(Cl)n2)C2CC(C)(C)N(OC)C(C)(C)C2)C2CC(C)(C)N(OC)C(C)(C)C2)n1. The van der Waals surface area contributed by atoms with Crippen molar-refractivity contribution >= 4 is 62.2 Å². The molecule has 16 heteroatoms. The Kier molecular flexibility index (Phi) is 9.64. The van der Waals surface area contributed by atoms with E-state index in [9.17, 15) is 0 Å². The number of halogens is 2. The lowest BCUT2D eigenvalue weighted by Gasteiger charge is -2.57. The predicted molar refractivity (Wildman–Crippen MR) is 170 cm³/mol. The minimum Gasteiger partial charge on any atom is -0.320 e. The molecule has 0 unspecified atom stereocenters. The predicted octanol–water partition coefficient (Wildman–Crippen LogP) is 2.39. The van der Waals surface area contributed by atoms with Crippen LogP contribution in [0.1, 0.15) is 81.1 Å². The number of rotatable bonds is 8. The van der Waals surface area contributed by atoms with Crippen LogP contribution in [0.2, 0.25) is 10.6 Å². The molecule has 12 nitrogen and oxygen atoms in total. The largest absolute Gasteiger partial charge is 0.320 e. The summed E-state index contributed by atoms with van der Waals surface area (Å²) in [5.41, 5.74) is -1.27. The number of aromatic nitrogens is 6. The van der Waals surface area contributed by atoms with Gasteiger partial charge in [-0.2, -0.15) is 20.1 Å². The summed E-state index contributed by atoms with van der Waals surface area (Å²) in [4.78, 5) is 42.2. The molecule has 4 heterocycles. The van der Waals surface area contributed by atoms with Gasteiger partial charge in [0.05, 0.1) is 32.3 Å². The van der Waals surface area contributed by atoms with Crippen molar-refractivity contribution < 1.29 is 9.68 Å². The molecule has 0 aliphatic carbocycles. The van der Waals surface area contributed by atoms with Crippen molar-refractivity contribution in [2.75, 3.05) is 30.7 Å². The lowest BCUT2D eigenvalue weighted by Crippen LogP contribution is -2.67. The highest BCUT2D eigenvalue weighted by atomic mass is 35.5. The van der Waals surface area contributed by atoms with Gasteiger partial charge >= 0.3 is 0 Å². The van der Waals surface area contributed by atoms with Crippen molar-refractivity contribution in [1.29, 1.82) is 0 Å². The van der Waals surface area contributed by atoms with Crippen molar-refractivity contribution in [1.82, 2.24) is 40.0 Å². The fourth-order valence-electron chi connectivity index (χ4n) is 7.66. The van der Waals surface area contributed by atoms with E-state index < -0.39 is 0 Å². The molecule has 2 fully saturated rings. The molecular formula is C27H42B2Cl2N10O2. The number of hydrogen-bond acceptors (Lipinski definition) is 12. The Morgan fingerprint density at radius 2 is 0.930 bits per heavy atom. The maximum atomic E-state index is 6.34. The summed E-state index contributed by atoms with van der Waals surface area (Å²) < 4.78 is 0. The summed E-state index contributed by atoms with van der Waals surface area (Å²) in [5, 5.41) is 4.13. The van der Waals surface area contributed by atoms with Gasteiger partial charge in [0.25, 0.3) is 0 Å². The van der Waals surface area contributed by atoms with Crippen LogP contribution >= 0.6 is 23.2 Å². The second-order valence-corrected chi connectivity index (χ2v) is 14.6. The first-order chi connectivity index (χ1) is 19.8. The third-order valence-electron chi connectivity index (χ3n) is 8.43. The third-order valence-corrected chi connectivity index (χ3v) is 8.77. The summed E-state index contributed by atoms with van der Waals surface area (Å²) >= 11 is 12.7. The van der Waals surface area contributed by atoms with Crippen molar-refractivity contribution in [2.24, 2.45) is 0 Å². The number of anilines is 2. The summed E-state index contributed by atoms with van der Waals surface area (Å²) in [6, 6.07) is -0.127. The van der Waals surface area contributed by atoms with E-state index in [4.69, 9.17) is 48.6 Å². The Hall–Kier alpha value is -1.83. The summed E-state index contributed by atoms with van der Waals surface area (Å²) in [5.74, 6) is 0.705. The third kappa shape index (κ3) is 7.20. The van der Waals surface area contributed by atoms with Crippen LogP contribution in [0.3, 0.4) is 0 Å². The summed E-state index contributed by atoms with van der Waals surface area (Å²) in [6.45, 7) is 17.6. The first kappa shape index (κ1) is 34.1. The minimum absolute atomic E-state index is 0.00928. The van der Waals surface area contributed by atoms with Gasteiger partial charge < -0.3 is 19.5 Å². The van der Waals surface area contributed by atoms with Crippen LogP contribution in [0.25, 0.3) is 0 Å². The molecule has 0 aromatic carbocycles. The second-order valence-electron chi connectivity index (χ2n) is 13.9. The smallest absolute Gasteiger partial charge is 0.230 e. The van der Waals surface area contributed by atoms with Crippen LogP contribution in [0.15, 0.2) is 0 Å². The van der Waals surface area contributed by atoms with E-state index in [-0.39, 0.29) is 62.9 Å². The fourth-order valence-corrected chi connectivity index (χ4v) is 7.99. The Balaban J connectivity index is 1.86. The van der Waals surface area contributed by atoms with E-state index in [1.807, 2.05) is 0 Å². The van der Waals surface area contributed by atoms with E-state index in [2.05, 4.69) is 105 Å². The van der Waals surface area contributed by atoms with Gasteiger partial charge in [-0.3, -0.25) is 0 Å². The highest BCUT2D eigenvalue weighted by Crippen LogP contribution is 2.43. The number of nitrogens with zero attached hydrogens (tertiary/aromatic N) is 10. The minimum atomic E-state index is -0.332. The zero-order chi connectivity index (χ0) is 32.1. The van der Waals surface area contributed by atoms with Crippen molar-refractivity contribution in [2.45, 2.75) is 115 Å². The zero-order valence-electron chi connectivity index (χ0n) is 26.9. The molecular weight excluding hydrogens is 589 g/mol. The molecule has 0 atom stereocenters. The topological polar surface area (TPSA) is 109 Å². The quantitative estimate of drug-likeness (QED) is 0.316. The fraction of sp³-hybridized carbons (Fsp3) is 0.778. The molecule has 4 radical (unpaired) electrons. The van der Waals surface area contributed by atoms with Crippen LogP contribution in [0.5, 0.6) is 0 Å². The van der Waals surface area contributed by atoms with Gasteiger partial charge in [-0.05, 0) is 104 Å². The molecule has 2 aliphatic heterocycles. The van der Waals surface area contributed by atoms with Crippen LogP contribution in [0.4, 0.5) is 11.9 Å². The Labute approximate surface area is 268 Å². The molecule has 0 N–H and O–H groups in total. The molecule has 2 aromatic heterocycles. The van der Waals surface area contributed by atoms with Crippen LogP contribution in [0, 0.1) is 0 Å². The van der Waals surface area contributed by atoms with Gasteiger partial charge in [-0.1, -0.05) is 0 Å². The maximum absolute atomic E-state index is 6.34. The van der Waals surface area contributed by atoms with Crippen LogP contribution < -0.4 is 21.2 Å².